The maximum Gasteiger partial charge on any atom is 0.320 e. The number of fused-ring (bicyclic) bond motifs is 2. The van der Waals surface area contributed by atoms with E-state index in [0.717, 1.165) is 39.3 Å². The van der Waals surface area contributed by atoms with E-state index >= 15 is 0 Å². The molecule has 5 nitrogen and oxygen atoms in total. The van der Waals surface area contributed by atoms with Gasteiger partial charge in [-0.1, -0.05) is 0 Å². The first-order valence-electron chi connectivity index (χ1n) is 7.56. The fourth-order valence-corrected chi connectivity index (χ4v) is 3.54. The Morgan fingerprint density at radius 3 is 2.16 bits per heavy atom. The predicted molar refractivity (Wildman–Crippen MR) is 75.2 cm³/mol. The van der Waals surface area contributed by atoms with Crippen molar-refractivity contribution in [2.45, 2.75) is 38.4 Å². The number of piperidine rings is 1. The SMILES string of the molecule is CC(C)N1CC2CC(C1)N2C(=O)N1CCN(C)CC1. The Bertz CT molecular complexity index is 339. The highest BCUT2D eigenvalue weighted by molar-refractivity contribution is 5.76. The summed E-state index contributed by atoms with van der Waals surface area (Å²) in [6.07, 6.45) is 1.21. The lowest BCUT2D eigenvalue weighted by molar-refractivity contribution is -0.0573. The molecule has 4 rings (SSSR count). The number of hydrogen-bond acceptors (Lipinski definition) is 3. The standard InChI is InChI=1S/C14H26N4O/c1-11(2)17-9-12-8-13(10-17)18(12)14(19)16-6-4-15(3)5-7-16/h11-13H,4-10H2,1-3H3. The van der Waals surface area contributed by atoms with Gasteiger partial charge in [0.25, 0.3) is 0 Å². The molecule has 0 radical (unpaired) electrons. The van der Waals surface area contributed by atoms with Gasteiger partial charge in [-0.25, -0.2) is 4.79 Å². The Morgan fingerprint density at radius 1 is 1.05 bits per heavy atom. The number of carbonyl (C=O) groups excluding carboxylic acids is 1. The molecule has 0 spiro atoms. The van der Waals surface area contributed by atoms with Gasteiger partial charge in [-0.05, 0) is 27.3 Å². The van der Waals surface area contributed by atoms with E-state index in [9.17, 15) is 4.79 Å². The number of hydrogen-bond donors (Lipinski definition) is 0. The third-order valence-electron chi connectivity index (χ3n) is 4.95. The molecule has 0 saturated carbocycles. The molecular weight excluding hydrogens is 240 g/mol. The fourth-order valence-electron chi connectivity index (χ4n) is 3.54. The fraction of sp³-hybridized carbons (Fsp3) is 0.929. The maximum atomic E-state index is 12.6. The molecule has 108 valence electrons. The van der Waals surface area contributed by atoms with Crippen molar-refractivity contribution in [1.82, 2.24) is 19.6 Å². The second kappa shape index (κ2) is 4.94. The number of likely N-dealkylation sites (N-methyl/N-ethyl adjacent to an activating group) is 1. The topological polar surface area (TPSA) is 30.0 Å². The van der Waals surface area contributed by atoms with Gasteiger partial charge in [-0.3, -0.25) is 4.90 Å². The van der Waals surface area contributed by atoms with E-state index < -0.39 is 0 Å². The number of carbonyl (C=O) groups is 1. The molecule has 4 fully saturated rings. The number of amides is 2. The highest BCUT2D eigenvalue weighted by atomic mass is 16.2. The van der Waals surface area contributed by atoms with Crippen molar-refractivity contribution in [3.63, 3.8) is 0 Å². The van der Waals surface area contributed by atoms with Crippen LogP contribution in [0.3, 0.4) is 0 Å². The summed E-state index contributed by atoms with van der Waals surface area (Å²) in [4.78, 5) is 21.6. The summed E-state index contributed by atoms with van der Waals surface area (Å²) in [6, 6.07) is 1.82. The summed E-state index contributed by atoms with van der Waals surface area (Å²) in [5, 5.41) is 0. The van der Waals surface area contributed by atoms with Crippen LogP contribution in [0.5, 0.6) is 0 Å². The van der Waals surface area contributed by atoms with Crippen LogP contribution in [0.15, 0.2) is 0 Å². The summed E-state index contributed by atoms with van der Waals surface area (Å²) in [5.41, 5.74) is 0. The Morgan fingerprint density at radius 2 is 1.63 bits per heavy atom. The van der Waals surface area contributed by atoms with Gasteiger partial charge in [0.15, 0.2) is 0 Å². The van der Waals surface area contributed by atoms with Crippen molar-refractivity contribution in [3.05, 3.63) is 0 Å². The van der Waals surface area contributed by atoms with Crippen LogP contribution in [0.1, 0.15) is 20.3 Å². The number of rotatable bonds is 1. The second-order valence-corrected chi connectivity index (χ2v) is 6.57. The van der Waals surface area contributed by atoms with Crippen molar-refractivity contribution >= 4 is 6.03 Å². The minimum atomic E-state index is 0.290. The normalized spacial score (nSPS) is 32.6. The van der Waals surface area contributed by atoms with Crippen LogP contribution in [-0.4, -0.2) is 90.1 Å². The first-order valence-corrected chi connectivity index (χ1v) is 7.56. The largest absolute Gasteiger partial charge is 0.322 e. The van der Waals surface area contributed by atoms with E-state index in [2.05, 4.69) is 35.6 Å². The lowest BCUT2D eigenvalue weighted by Gasteiger charge is -2.58. The Balaban J connectivity index is 1.58. The first kappa shape index (κ1) is 13.2. The van der Waals surface area contributed by atoms with E-state index in [0.29, 0.717) is 18.1 Å². The minimum absolute atomic E-state index is 0.290. The molecule has 4 aliphatic heterocycles. The summed E-state index contributed by atoms with van der Waals surface area (Å²) < 4.78 is 0. The molecule has 4 saturated heterocycles. The van der Waals surface area contributed by atoms with Gasteiger partial charge >= 0.3 is 6.03 Å². The van der Waals surface area contributed by atoms with Gasteiger partial charge < -0.3 is 14.7 Å². The number of nitrogens with zero attached hydrogens (tertiary/aromatic N) is 4. The third kappa shape index (κ3) is 2.34. The summed E-state index contributed by atoms with van der Waals surface area (Å²) in [7, 11) is 2.13. The predicted octanol–water partition coefficient (Wildman–Crippen LogP) is 0.521. The zero-order valence-electron chi connectivity index (χ0n) is 12.4. The van der Waals surface area contributed by atoms with E-state index in [1.165, 1.54) is 6.42 Å². The molecule has 0 N–H and O–H groups in total. The van der Waals surface area contributed by atoms with Crippen LogP contribution < -0.4 is 0 Å². The number of urea groups is 1. The Labute approximate surface area is 116 Å². The molecule has 4 aliphatic rings. The average molecular weight is 266 g/mol. The molecule has 0 aromatic rings. The van der Waals surface area contributed by atoms with Crippen LogP contribution >= 0.6 is 0 Å². The summed E-state index contributed by atoms with van der Waals surface area (Å²) in [6.45, 7) is 10.4. The Kier molecular flexibility index (Phi) is 3.43. The van der Waals surface area contributed by atoms with Gasteiger partial charge in [0.1, 0.15) is 0 Å². The van der Waals surface area contributed by atoms with E-state index in [-0.39, 0.29) is 6.03 Å². The lowest BCUT2D eigenvalue weighted by atomic mass is 9.87. The molecular formula is C14H26N4O. The van der Waals surface area contributed by atoms with Gasteiger partial charge in [-0.15, -0.1) is 0 Å². The third-order valence-corrected chi connectivity index (χ3v) is 4.95. The monoisotopic (exact) mass is 266 g/mol. The van der Waals surface area contributed by atoms with Crippen LogP contribution in [0, 0.1) is 0 Å². The second-order valence-electron chi connectivity index (χ2n) is 6.57. The molecule has 2 bridgehead atoms. The lowest BCUT2D eigenvalue weighted by Crippen LogP contribution is -2.73. The van der Waals surface area contributed by atoms with Crippen LogP contribution in [0.2, 0.25) is 0 Å². The van der Waals surface area contributed by atoms with Crippen LogP contribution in [0.25, 0.3) is 0 Å². The van der Waals surface area contributed by atoms with Gasteiger partial charge in [0, 0.05) is 57.4 Å². The van der Waals surface area contributed by atoms with Crippen molar-refractivity contribution in [2.75, 3.05) is 46.3 Å². The van der Waals surface area contributed by atoms with Crippen LogP contribution in [0.4, 0.5) is 4.79 Å². The molecule has 19 heavy (non-hydrogen) atoms. The zero-order valence-corrected chi connectivity index (χ0v) is 12.4. The quantitative estimate of drug-likeness (QED) is 0.693. The van der Waals surface area contributed by atoms with E-state index in [1.807, 2.05) is 4.90 Å². The molecule has 2 unspecified atom stereocenters. The van der Waals surface area contributed by atoms with Gasteiger partial charge in [0.05, 0.1) is 0 Å². The van der Waals surface area contributed by atoms with Crippen LogP contribution in [-0.2, 0) is 0 Å². The molecule has 0 aromatic carbocycles. The molecule has 0 aromatic heterocycles. The molecule has 4 heterocycles. The van der Waals surface area contributed by atoms with Crippen molar-refractivity contribution < 1.29 is 4.79 Å². The molecule has 2 amide bonds. The molecule has 0 aliphatic carbocycles. The highest BCUT2D eigenvalue weighted by Crippen LogP contribution is 2.34. The molecule has 5 heteroatoms. The average Bonchev–Trinajstić information content (AvgIpc) is 2.39. The summed E-state index contributed by atoms with van der Waals surface area (Å²) >= 11 is 0. The van der Waals surface area contributed by atoms with Crippen molar-refractivity contribution in [2.24, 2.45) is 0 Å². The first-order chi connectivity index (χ1) is 9.06. The smallest absolute Gasteiger partial charge is 0.320 e. The maximum absolute atomic E-state index is 12.6. The van der Waals surface area contributed by atoms with Gasteiger partial charge in [-0.2, -0.15) is 0 Å². The Hall–Kier alpha value is -0.810. The van der Waals surface area contributed by atoms with E-state index in [4.69, 9.17) is 0 Å². The minimum Gasteiger partial charge on any atom is -0.322 e. The van der Waals surface area contributed by atoms with Crippen molar-refractivity contribution in [1.29, 1.82) is 0 Å². The van der Waals surface area contributed by atoms with E-state index in [1.54, 1.807) is 0 Å². The molecule has 2 atom stereocenters. The number of piperazine rings is 2. The highest BCUT2D eigenvalue weighted by Gasteiger charge is 2.48. The van der Waals surface area contributed by atoms with Crippen molar-refractivity contribution in [3.8, 4) is 0 Å². The van der Waals surface area contributed by atoms with Gasteiger partial charge in [0.2, 0.25) is 0 Å². The summed E-state index contributed by atoms with van der Waals surface area (Å²) in [5.74, 6) is 0. The zero-order chi connectivity index (χ0) is 13.6.